The number of amides is 1. The zero-order valence-electron chi connectivity index (χ0n) is 16.4. The van der Waals surface area contributed by atoms with Gasteiger partial charge >= 0.3 is 0 Å². The van der Waals surface area contributed by atoms with E-state index in [1.54, 1.807) is 4.68 Å². The first-order chi connectivity index (χ1) is 13.3. The molecule has 4 saturated carbocycles. The van der Waals surface area contributed by atoms with Crippen molar-refractivity contribution in [1.29, 1.82) is 0 Å². The molecule has 4 aliphatic carbocycles. The minimum atomic E-state index is -0.333. The summed E-state index contributed by atoms with van der Waals surface area (Å²) >= 11 is 3.97. The number of nitrogens with one attached hydrogen (secondary N) is 1. The molecule has 4 bridgehead atoms. The predicted octanol–water partition coefficient (Wildman–Crippen LogP) is 4.16. The van der Waals surface area contributed by atoms with Gasteiger partial charge in [-0.1, -0.05) is 34.1 Å². The number of carbonyl (C=O) groups excluding carboxylic acids is 1. The Hall–Kier alpha value is -1.82. The summed E-state index contributed by atoms with van der Waals surface area (Å²) in [5.74, 6) is 1.30. The summed E-state index contributed by atoms with van der Waals surface area (Å²) in [6.07, 6.45) is 6.43. The van der Waals surface area contributed by atoms with Gasteiger partial charge in [0.15, 0.2) is 0 Å². The monoisotopic (exact) mass is 443 g/mol. The van der Waals surface area contributed by atoms with Gasteiger partial charge in [0, 0.05) is 11.4 Å². The standard InChI is InChI=1S/C22H26BrN3O2/c1-14-18(19(27)26(25(14)2)17-6-4-3-5-7-17)24-20(28)21-9-15-8-16(10-21)12-22(23,11-15)13-21/h3-7,15-16H,8-13H2,1-2H3,(H,24,28)/t15-,16-,21?,22?/m1/s1. The normalized spacial score (nSPS) is 33.2. The van der Waals surface area contributed by atoms with Crippen molar-refractivity contribution in [1.82, 2.24) is 9.36 Å². The Kier molecular flexibility index (Phi) is 3.96. The molecule has 148 valence electrons. The number of benzene rings is 1. The molecule has 5 nitrogen and oxygen atoms in total. The van der Waals surface area contributed by atoms with Crippen LogP contribution >= 0.6 is 15.9 Å². The van der Waals surface area contributed by atoms with Gasteiger partial charge in [0.25, 0.3) is 5.56 Å². The number of rotatable bonds is 3. The summed E-state index contributed by atoms with van der Waals surface area (Å²) in [7, 11) is 1.86. The van der Waals surface area contributed by atoms with Gasteiger partial charge in [0.05, 0.1) is 16.8 Å². The quantitative estimate of drug-likeness (QED) is 0.723. The van der Waals surface area contributed by atoms with Crippen molar-refractivity contribution < 1.29 is 4.79 Å². The van der Waals surface area contributed by atoms with Crippen molar-refractivity contribution in [2.75, 3.05) is 5.32 Å². The van der Waals surface area contributed by atoms with Crippen LogP contribution in [0.25, 0.3) is 5.69 Å². The van der Waals surface area contributed by atoms with E-state index in [4.69, 9.17) is 0 Å². The molecule has 0 spiro atoms. The fourth-order valence-corrected chi connectivity index (χ4v) is 7.83. The van der Waals surface area contributed by atoms with Crippen LogP contribution in [0.3, 0.4) is 0 Å². The van der Waals surface area contributed by atoms with Crippen LogP contribution in [0.15, 0.2) is 35.1 Å². The second-order valence-corrected chi connectivity index (χ2v) is 11.0. The van der Waals surface area contributed by atoms with Crippen LogP contribution in [0.4, 0.5) is 5.69 Å². The summed E-state index contributed by atoms with van der Waals surface area (Å²) in [5.41, 5.74) is 1.49. The number of halogens is 1. The molecular weight excluding hydrogens is 418 g/mol. The van der Waals surface area contributed by atoms with E-state index in [0.717, 1.165) is 30.6 Å². The molecule has 6 rings (SSSR count). The van der Waals surface area contributed by atoms with E-state index in [0.29, 0.717) is 17.5 Å². The van der Waals surface area contributed by atoms with Crippen molar-refractivity contribution in [2.24, 2.45) is 24.3 Å². The summed E-state index contributed by atoms with van der Waals surface area (Å²) in [6, 6.07) is 9.55. The van der Waals surface area contributed by atoms with Crippen molar-refractivity contribution in [3.8, 4) is 5.69 Å². The topological polar surface area (TPSA) is 56.0 Å². The highest BCUT2D eigenvalue weighted by Crippen LogP contribution is 2.64. The van der Waals surface area contributed by atoms with Gasteiger partial charge in [0.1, 0.15) is 5.69 Å². The average Bonchev–Trinajstić information content (AvgIpc) is 2.84. The highest BCUT2D eigenvalue weighted by molar-refractivity contribution is 9.10. The maximum atomic E-state index is 13.5. The van der Waals surface area contributed by atoms with E-state index in [1.807, 2.05) is 49.0 Å². The molecule has 0 radical (unpaired) electrons. The second kappa shape index (κ2) is 6.09. The number of hydrogen-bond donors (Lipinski definition) is 1. The first kappa shape index (κ1) is 18.2. The van der Waals surface area contributed by atoms with E-state index in [9.17, 15) is 9.59 Å². The number of hydrogen-bond acceptors (Lipinski definition) is 2. The van der Waals surface area contributed by atoms with Gasteiger partial charge in [-0.25, -0.2) is 4.68 Å². The molecule has 1 amide bonds. The van der Waals surface area contributed by atoms with Gasteiger partial charge in [-0.2, -0.15) is 0 Å². The fraction of sp³-hybridized carbons (Fsp3) is 0.545. The van der Waals surface area contributed by atoms with Gasteiger partial charge in [-0.15, -0.1) is 0 Å². The average molecular weight is 444 g/mol. The molecule has 1 aromatic heterocycles. The Balaban J connectivity index is 1.49. The van der Waals surface area contributed by atoms with Crippen molar-refractivity contribution in [2.45, 2.75) is 49.8 Å². The highest BCUT2D eigenvalue weighted by Gasteiger charge is 2.59. The first-order valence-electron chi connectivity index (χ1n) is 10.1. The van der Waals surface area contributed by atoms with E-state index in [2.05, 4.69) is 21.2 Å². The SMILES string of the molecule is Cc1c(NC(=O)C23C[C@H]4C[C@@H](CC(Br)(C4)C2)C3)c(=O)n(-c2ccccc2)n1C. The minimum Gasteiger partial charge on any atom is -0.319 e. The van der Waals surface area contributed by atoms with Crippen LogP contribution in [0.1, 0.15) is 44.2 Å². The number of aromatic nitrogens is 2. The van der Waals surface area contributed by atoms with E-state index >= 15 is 0 Å². The molecular formula is C22H26BrN3O2. The summed E-state index contributed by atoms with van der Waals surface area (Å²) in [6.45, 7) is 1.89. The lowest BCUT2D eigenvalue weighted by Crippen LogP contribution is -2.57. The van der Waals surface area contributed by atoms with Crippen LogP contribution in [0.2, 0.25) is 0 Å². The number of alkyl halides is 1. The van der Waals surface area contributed by atoms with Gasteiger partial charge in [0.2, 0.25) is 5.91 Å². The Morgan fingerprint density at radius 3 is 2.39 bits per heavy atom. The smallest absolute Gasteiger partial charge is 0.295 e. The molecule has 0 saturated heterocycles. The number of nitrogens with zero attached hydrogens (tertiary/aromatic N) is 2. The Morgan fingerprint density at radius 2 is 1.79 bits per heavy atom. The molecule has 28 heavy (non-hydrogen) atoms. The maximum Gasteiger partial charge on any atom is 0.295 e. The molecule has 0 unspecified atom stereocenters. The lowest BCUT2D eigenvalue weighted by atomic mass is 9.49. The third kappa shape index (κ3) is 2.64. The zero-order chi connectivity index (χ0) is 19.7. The molecule has 0 aliphatic heterocycles. The first-order valence-corrected chi connectivity index (χ1v) is 10.9. The predicted molar refractivity (Wildman–Crippen MR) is 113 cm³/mol. The lowest BCUT2D eigenvalue weighted by Gasteiger charge is -2.59. The second-order valence-electron chi connectivity index (χ2n) is 9.28. The number of para-hydroxylation sites is 1. The molecule has 6 heteroatoms. The van der Waals surface area contributed by atoms with Crippen LogP contribution < -0.4 is 10.9 Å². The summed E-state index contributed by atoms with van der Waals surface area (Å²) < 4.78 is 3.56. The van der Waals surface area contributed by atoms with Gasteiger partial charge in [-0.05, 0) is 69.4 Å². The largest absolute Gasteiger partial charge is 0.319 e. The lowest BCUT2D eigenvalue weighted by molar-refractivity contribution is -0.138. The van der Waals surface area contributed by atoms with E-state index in [-0.39, 0.29) is 21.2 Å². The zero-order valence-corrected chi connectivity index (χ0v) is 18.0. The molecule has 1 heterocycles. The van der Waals surface area contributed by atoms with Crippen LogP contribution in [0, 0.1) is 24.2 Å². The van der Waals surface area contributed by atoms with E-state index < -0.39 is 0 Å². The third-order valence-corrected chi connectivity index (χ3v) is 8.19. The molecule has 2 atom stereocenters. The summed E-state index contributed by atoms with van der Waals surface area (Å²) in [5, 5.41) is 3.07. The Labute approximate surface area is 173 Å². The van der Waals surface area contributed by atoms with E-state index in [1.165, 1.54) is 19.3 Å². The van der Waals surface area contributed by atoms with Crippen molar-refractivity contribution in [3.63, 3.8) is 0 Å². The Morgan fingerprint density at radius 1 is 1.14 bits per heavy atom. The molecule has 1 aromatic carbocycles. The number of carbonyl (C=O) groups is 1. The van der Waals surface area contributed by atoms with Crippen molar-refractivity contribution >= 4 is 27.5 Å². The Bertz CT molecular complexity index is 993. The maximum absolute atomic E-state index is 13.5. The molecule has 2 aromatic rings. The van der Waals surface area contributed by atoms with Crippen molar-refractivity contribution in [3.05, 3.63) is 46.4 Å². The highest BCUT2D eigenvalue weighted by atomic mass is 79.9. The molecule has 4 fully saturated rings. The summed E-state index contributed by atoms with van der Waals surface area (Å²) in [4.78, 5) is 26.6. The molecule has 4 aliphatic rings. The van der Waals surface area contributed by atoms with Gasteiger partial charge in [-0.3, -0.25) is 14.3 Å². The number of anilines is 1. The third-order valence-electron chi connectivity index (χ3n) is 7.26. The minimum absolute atomic E-state index is 0.0384. The fourth-order valence-electron chi connectivity index (χ4n) is 6.37. The van der Waals surface area contributed by atoms with Crippen LogP contribution in [-0.4, -0.2) is 19.6 Å². The van der Waals surface area contributed by atoms with Crippen LogP contribution in [0.5, 0.6) is 0 Å². The van der Waals surface area contributed by atoms with Crippen LogP contribution in [-0.2, 0) is 11.8 Å². The van der Waals surface area contributed by atoms with Gasteiger partial charge < -0.3 is 5.32 Å². The molecule has 1 N–H and O–H groups in total.